The van der Waals surface area contributed by atoms with Crippen LogP contribution in [-0.2, 0) is 19.5 Å². The summed E-state index contributed by atoms with van der Waals surface area (Å²) in [4.78, 5) is 12.2. The summed E-state index contributed by atoms with van der Waals surface area (Å²) < 4.78 is 38.1. The van der Waals surface area contributed by atoms with Crippen molar-refractivity contribution in [3.05, 3.63) is 71.8 Å². The third-order valence-electron chi connectivity index (χ3n) is 3.84. The van der Waals surface area contributed by atoms with Gasteiger partial charge in [-0.1, -0.05) is 35.9 Å². The van der Waals surface area contributed by atoms with E-state index >= 15 is 0 Å². The van der Waals surface area contributed by atoms with E-state index in [4.69, 9.17) is 21.1 Å². The number of nitrogens with zero attached hydrogens (tertiary/aromatic N) is 1. The number of anilines is 1. The van der Waals surface area contributed by atoms with Crippen molar-refractivity contribution in [1.82, 2.24) is 0 Å². The Morgan fingerprint density at radius 1 is 1.17 bits per heavy atom. The van der Waals surface area contributed by atoms with Gasteiger partial charge in [-0.3, -0.25) is 4.31 Å². The fourth-order valence-electron chi connectivity index (χ4n) is 2.51. The molecule has 0 atom stereocenters. The van der Waals surface area contributed by atoms with Crippen molar-refractivity contribution in [2.75, 3.05) is 24.1 Å². The van der Waals surface area contributed by atoms with Crippen LogP contribution in [-0.4, -0.2) is 40.2 Å². The second-order valence-electron chi connectivity index (χ2n) is 6.36. The van der Waals surface area contributed by atoms with Crippen LogP contribution in [0.2, 0.25) is 5.02 Å². The summed E-state index contributed by atoms with van der Waals surface area (Å²) >= 11 is 6.20. The molecular formula is C21H24ClNO5S. The van der Waals surface area contributed by atoms with E-state index in [1.165, 1.54) is 30.3 Å². The normalized spacial score (nSPS) is 11.3. The lowest BCUT2D eigenvalue weighted by molar-refractivity contribution is 0.0177. The van der Waals surface area contributed by atoms with Crippen LogP contribution in [0.15, 0.2) is 66.1 Å². The van der Waals surface area contributed by atoms with Crippen molar-refractivity contribution in [2.24, 2.45) is 0 Å². The van der Waals surface area contributed by atoms with Crippen molar-refractivity contribution in [2.45, 2.75) is 24.8 Å². The van der Waals surface area contributed by atoms with Gasteiger partial charge in [-0.2, -0.15) is 0 Å². The van der Waals surface area contributed by atoms with Gasteiger partial charge in [0.05, 0.1) is 40.4 Å². The molecule has 0 saturated heterocycles. The predicted octanol–water partition coefficient (Wildman–Crippen LogP) is 4.30. The Kier molecular flexibility index (Phi) is 8.25. The van der Waals surface area contributed by atoms with Crippen LogP contribution in [0.3, 0.4) is 0 Å². The van der Waals surface area contributed by atoms with Crippen LogP contribution in [0.5, 0.6) is 0 Å². The molecule has 0 saturated carbocycles. The molecule has 2 rings (SSSR count). The number of rotatable bonds is 10. The summed E-state index contributed by atoms with van der Waals surface area (Å²) in [6.45, 7) is 7.75. The first kappa shape index (κ1) is 22.9. The Bertz CT molecular complexity index is 959. The quantitative estimate of drug-likeness (QED) is 0.314. The second kappa shape index (κ2) is 10.4. The van der Waals surface area contributed by atoms with Crippen molar-refractivity contribution in [3.63, 3.8) is 0 Å². The molecule has 0 fully saturated rings. The number of hydrogen-bond acceptors (Lipinski definition) is 5. The van der Waals surface area contributed by atoms with E-state index in [0.29, 0.717) is 10.7 Å². The number of halogens is 1. The van der Waals surface area contributed by atoms with E-state index in [0.717, 1.165) is 4.31 Å². The zero-order valence-electron chi connectivity index (χ0n) is 16.4. The molecule has 0 unspecified atom stereocenters. The van der Waals surface area contributed by atoms with Gasteiger partial charge in [0, 0.05) is 0 Å². The third-order valence-corrected chi connectivity index (χ3v) is 5.94. The van der Waals surface area contributed by atoms with Crippen LogP contribution < -0.4 is 4.31 Å². The van der Waals surface area contributed by atoms with E-state index in [1.54, 1.807) is 24.3 Å². The van der Waals surface area contributed by atoms with Gasteiger partial charge in [0.25, 0.3) is 10.0 Å². The first-order chi connectivity index (χ1) is 13.8. The summed E-state index contributed by atoms with van der Waals surface area (Å²) in [5, 5.41) is 0.290. The Balaban J connectivity index is 2.28. The van der Waals surface area contributed by atoms with Gasteiger partial charge < -0.3 is 9.47 Å². The van der Waals surface area contributed by atoms with Gasteiger partial charge in [0.1, 0.15) is 6.61 Å². The van der Waals surface area contributed by atoms with Crippen LogP contribution in [0.1, 0.15) is 24.2 Å². The number of hydrogen-bond donors (Lipinski definition) is 0. The molecule has 29 heavy (non-hydrogen) atoms. The van der Waals surface area contributed by atoms with Gasteiger partial charge in [0.15, 0.2) is 0 Å². The zero-order valence-corrected chi connectivity index (χ0v) is 17.9. The number of esters is 1. The lowest BCUT2D eigenvalue weighted by Gasteiger charge is -2.24. The highest BCUT2D eigenvalue weighted by Gasteiger charge is 2.26. The summed E-state index contributed by atoms with van der Waals surface area (Å²) in [5.74, 6) is -0.623. The Hall–Kier alpha value is -2.35. The van der Waals surface area contributed by atoms with Gasteiger partial charge >= 0.3 is 5.97 Å². The average Bonchev–Trinajstić information content (AvgIpc) is 2.70. The molecule has 6 nitrogen and oxygen atoms in total. The zero-order chi connectivity index (χ0) is 21.4. The molecule has 0 heterocycles. The maximum absolute atomic E-state index is 13.2. The molecule has 0 aliphatic rings. The minimum absolute atomic E-state index is 0.0211. The summed E-state index contributed by atoms with van der Waals surface area (Å²) in [6, 6.07) is 12.3. The van der Waals surface area contributed by atoms with Crippen LogP contribution in [0, 0.1) is 0 Å². The highest BCUT2D eigenvalue weighted by molar-refractivity contribution is 7.92. The fraction of sp³-hybridized carbons (Fsp3) is 0.286. The molecule has 156 valence electrons. The van der Waals surface area contributed by atoms with E-state index in [-0.39, 0.29) is 36.3 Å². The number of carbonyl (C=O) groups excluding carboxylic acids is 1. The van der Waals surface area contributed by atoms with Gasteiger partial charge in [-0.15, -0.1) is 6.58 Å². The summed E-state index contributed by atoms with van der Waals surface area (Å²) in [5.41, 5.74) is 0.459. The smallest absolute Gasteiger partial charge is 0.338 e. The SMILES string of the molecule is C=CCN(c1ccccc1Cl)S(=O)(=O)c1cccc(C(=O)OCCOC(C)C)c1. The minimum atomic E-state index is -3.99. The Morgan fingerprint density at radius 3 is 2.55 bits per heavy atom. The topological polar surface area (TPSA) is 72.9 Å². The van der Waals surface area contributed by atoms with Crippen molar-refractivity contribution in [3.8, 4) is 0 Å². The highest BCUT2D eigenvalue weighted by Crippen LogP contribution is 2.30. The molecule has 0 aliphatic heterocycles. The standard InChI is InChI=1S/C21H24ClNO5S/c1-4-12-23(20-11-6-5-10-19(20)22)29(25,26)18-9-7-8-17(15-18)21(24)28-14-13-27-16(2)3/h4-11,15-16H,1,12-14H2,2-3H3. The molecule has 0 radical (unpaired) electrons. The molecule has 2 aromatic rings. The molecule has 0 bridgehead atoms. The molecular weight excluding hydrogens is 414 g/mol. The first-order valence-corrected chi connectivity index (χ1v) is 10.9. The second-order valence-corrected chi connectivity index (χ2v) is 8.63. The third kappa shape index (κ3) is 6.06. The maximum atomic E-state index is 13.2. The number of benzene rings is 2. The Labute approximate surface area is 176 Å². The van der Waals surface area contributed by atoms with Crippen LogP contribution in [0.4, 0.5) is 5.69 Å². The molecule has 0 aliphatic carbocycles. The van der Waals surface area contributed by atoms with Crippen LogP contribution in [0.25, 0.3) is 0 Å². The van der Waals surface area contributed by atoms with Gasteiger partial charge in [-0.05, 0) is 44.2 Å². The van der Waals surface area contributed by atoms with E-state index < -0.39 is 16.0 Å². The lowest BCUT2D eigenvalue weighted by atomic mass is 10.2. The van der Waals surface area contributed by atoms with Crippen molar-refractivity contribution >= 4 is 33.3 Å². The minimum Gasteiger partial charge on any atom is -0.460 e. The Morgan fingerprint density at radius 2 is 1.90 bits per heavy atom. The summed E-state index contributed by atoms with van der Waals surface area (Å²) in [6.07, 6.45) is 1.50. The number of sulfonamides is 1. The van der Waals surface area contributed by atoms with Crippen molar-refractivity contribution in [1.29, 1.82) is 0 Å². The fourth-order valence-corrected chi connectivity index (χ4v) is 4.30. The monoisotopic (exact) mass is 437 g/mol. The van der Waals surface area contributed by atoms with Crippen molar-refractivity contribution < 1.29 is 22.7 Å². The lowest BCUT2D eigenvalue weighted by Crippen LogP contribution is -2.31. The summed E-state index contributed by atoms with van der Waals surface area (Å²) in [7, 11) is -3.99. The molecule has 2 aromatic carbocycles. The largest absolute Gasteiger partial charge is 0.460 e. The molecule has 0 amide bonds. The number of para-hydroxylation sites is 1. The van der Waals surface area contributed by atoms with Gasteiger partial charge in [0.2, 0.25) is 0 Å². The van der Waals surface area contributed by atoms with Crippen LogP contribution >= 0.6 is 11.6 Å². The highest BCUT2D eigenvalue weighted by atomic mass is 35.5. The predicted molar refractivity (Wildman–Crippen MR) is 114 cm³/mol. The first-order valence-electron chi connectivity index (χ1n) is 9.04. The molecule has 0 aromatic heterocycles. The average molecular weight is 438 g/mol. The molecule has 0 N–H and O–H groups in total. The van der Waals surface area contributed by atoms with E-state index in [2.05, 4.69) is 6.58 Å². The molecule has 8 heteroatoms. The van der Waals surface area contributed by atoms with E-state index in [9.17, 15) is 13.2 Å². The maximum Gasteiger partial charge on any atom is 0.338 e. The number of ether oxygens (including phenoxy) is 2. The molecule has 0 spiro atoms. The van der Waals surface area contributed by atoms with E-state index in [1.807, 2.05) is 13.8 Å². The van der Waals surface area contributed by atoms with Gasteiger partial charge in [-0.25, -0.2) is 13.2 Å². The number of carbonyl (C=O) groups is 1.